The molecule has 1 heteroatoms. The average Bonchev–Trinajstić information content (AvgIpc) is 2.77. The Balaban J connectivity index is 0.000000165. The molecule has 0 aliphatic carbocycles. The fourth-order valence-electron chi connectivity index (χ4n) is 1.33. The summed E-state index contributed by atoms with van der Waals surface area (Å²) >= 11 is 0. The molecular weight excluding hydrogens is 170 g/mol. The number of rotatable bonds is 1. The Kier molecular flexibility index (Phi) is 5.02. The lowest BCUT2D eigenvalue weighted by molar-refractivity contribution is 0.857. The topological polar surface area (TPSA) is 12.0 Å². The van der Waals surface area contributed by atoms with Gasteiger partial charge in [0.2, 0.25) is 0 Å². The van der Waals surface area contributed by atoms with Crippen LogP contribution in [0.3, 0.4) is 0 Å². The van der Waals surface area contributed by atoms with Gasteiger partial charge in [-0.15, -0.1) is 0 Å². The van der Waals surface area contributed by atoms with Crippen molar-refractivity contribution in [2.75, 3.05) is 13.1 Å². The maximum atomic E-state index is 3.66. The number of hydrogen-bond donors (Lipinski definition) is 1. The van der Waals surface area contributed by atoms with Gasteiger partial charge in [-0.1, -0.05) is 42.5 Å². The van der Waals surface area contributed by atoms with Crippen molar-refractivity contribution in [1.29, 1.82) is 0 Å². The molecule has 1 saturated heterocycles. The smallest absolute Gasteiger partial charge is 0.00484 e. The highest BCUT2D eigenvalue weighted by molar-refractivity contribution is 5.46. The summed E-state index contributed by atoms with van der Waals surface area (Å²) in [5.74, 6) is 0. The summed E-state index contributed by atoms with van der Waals surface area (Å²) in [6.07, 6.45) is 4.62. The molecule has 1 aliphatic rings. The van der Waals surface area contributed by atoms with E-state index in [4.69, 9.17) is 0 Å². The number of benzene rings is 1. The maximum Gasteiger partial charge on any atom is -0.00484 e. The average molecular weight is 189 g/mol. The predicted molar refractivity (Wildman–Crippen MR) is 63.4 cm³/mol. The van der Waals surface area contributed by atoms with Crippen LogP contribution in [0.2, 0.25) is 0 Å². The van der Waals surface area contributed by atoms with Crippen LogP contribution in [-0.2, 0) is 0 Å². The summed E-state index contributed by atoms with van der Waals surface area (Å²) in [7, 11) is 0. The van der Waals surface area contributed by atoms with E-state index in [1.165, 1.54) is 37.1 Å². The van der Waals surface area contributed by atoms with Gasteiger partial charge < -0.3 is 5.32 Å². The van der Waals surface area contributed by atoms with Crippen molar-refractivity contribution in [3.05, 3.63) is 42.0 Å². The fourth-order valence-corrected chi connectivity index (χ4v) is 1.33. The van der Waals surface area contributed by atoms with Crippen LogP contribution >= 0.6 is 0 Å². The van der Waals surface area contributed by atoms with Gasteiger partial charge in [0.1, 0.15) is 0 Å². The third-order valence-corrected chi connectivity index (χ3v) is 2.27. The second-order valence-corrected chi connectivity index (χ2v) is 3.57. The Morgan fingerprint density at radius 1 is 1.14 bits per heavy atom. The van der Waals surface area contributed by atoms with Gasteiger partial charge in [0.25, 0.3) is 0 Å². The van der Waals surface area contributed by atoms with Crippen LogP contribution < -0.4 is 5.32 Å². The number of hydrogen-bond acceptors (Lipinski definition) is 1. The molecule has 0 spiro atoms. The van der Waals surface area contributed by atoms with E-state index in [-0.39, 0.29) is 0 Å². The largest absolute Gasteiger partial charge is 0.317 e. The minimum Gasteiger partial charge on any atom is -0.317 e. The molecule has 14 heavy (non-hydrogen) atoms. The Hall–Kier alpha value is -1.08. The lowest BCUT2D eigenvalue weighted by atomic mass is 10.2. The first-order chi connectivity index (χ1) is 6.83. The minimum atomic E-state index is 1.18. The van der Waals surface area contributed by atoms with Crippen LogP contribution in [0.4, 0.5) is 0 Å². The molecule has 0 atom stereocenters. The second-order valence-electron chi connectivity index (χ2n) is 3.57. The van der Waals surface area contributed by atoms with Crippen molar-refractivity contribution < 1.29 is 0 Å². The lowest BCUT2D eigenvalue weighted by Gasteiger charge is -1.91. The zero-order valence-electron chi connectivity index (χ0n) is 8.92. The molecule has 2 rings (SSSR count). The first-order valence-corrected chi connectivity index (χ1v) is 5.23. The number of aryl methyl sites for hydroxylation is 1. The predicted octanol–water partition coefficient (Wildman–Crippen LogP) is 3.01. The van der Waals surface area contributed by atoms with E-state index in [1.54, 1.807) is 0 Å². The molecule has 0 unspecified atom stereocenters. The summed E-state index contributed by atoms with van der Waals surface area (Å²) in [5, 5.41) is 3.22. The highest BCUT2D eigenvalue weighted by atomic mass is 14.9. The third kappa shape index (κ3) is 4.24. The molecule has 0 radical (unpaired) electrons. The fraction of sp³-hybridized carbons (Fsp3) is 0.385. The number of nitrogens with one attached hydrogen (secondary N) is 1. The van der Waals surface area contributed by atoms with Gasteiger partial charge in [-0.05, 0) is 38.4 Å². The van der Waals surface area contributed by atoms with Gasteiger partial charge in [0.15, 0.2) is 0 Å². The standard InChI is InChI=1S/C9H10.C4H9N/c1-3-9-6-4-8(2)5-7-9;1-2-4-5-3-1/h3-7H,1H2,2H3;5H,1-4H2. The Morgan fingerprint density at radius 3 is 2.07 bits per heavy atom. The summed E-state index contributed by atoms with van der Waals surface area (Å²) in [6.45, 7) is 8.24. The molecule has 0 bridgehead atoms. The lowest BCUT2D eigenvalue weighted by Crippen LogP contribution is -2.03. The van der Waals surface area contributed by atoms with Crippen molar-refractivity contribution >= 4 is 6.08 Å². The van der Waals surface area contributed by atoms with Crippen molar-refractivity contribution in [2.24, 2.45) is 0 Å². The van der Waals surface area contributed by atoms with Crippen molar-refractivity contribution in [3.63, 3.8) is 0 Å². The Morgan fingerprint density at radius 2 is 1.71 bits per heavy atom. The molecule has 1 fully saturated rings. The van der Waals surface area contributed by atoms with E-state index in [1.807, 2.05) is 6.08 Å². The quantitative estimate of drug-likeness (QED) is 0.716. The van der Waals surface area contributed by atoms with Gasteiger partial charge in [-0.3, -0.25) is 0 Å². The Labute approximate surface area is 86.8 Å². The van der Waals surface area contributed by atoms with E-state index < -0.39 is 0 Å². The monoisotopic (exact) mass is 189 g/mol. The van der Waals surface area contributed by atoms with Crippen LogP contribution in [0.5, 0.6) is 0 Å². The zero-order valence-corrected chi connectivity index (χ0v) is 8.92. The van der Waals surface area contributed by atoms with Crippen LogP contribution in [-0.4, -0.2) is 13.1 Å². The SMILES string of the molecule is C1CCNC1.C=Cc1ccc(C)cc1. The minimum absolute atomic E-state index is 1.18. The molecule has 1 nitrogen and oxygen atoms in total. The molecule has 1 aromatic carbocycles. The molecular formula is C13H19N. The van der Waals surface area contributed by atoms with E-state index in [0.717, 1.165) is 0 Å². The summed E-state index contributed by atoms with van der Waals surface area (Å²) < 4.78 is 0. The molecule has 0 saturated carbocycles. The van der Waals surface area contributed by atoms with E-state index in [9.17, 15) is 0 Å². The highest BCUT2D eigenvalue weighted by Crippen LogP contribution is 2.02. The van der Waals surface area contributed by atoms with Gasteiger partial charge >= 0.3 is 0 Å². The van der Waals surface area contributed by atoms with Gasteiger partial charge in [-0.2, -0.15) is 0 Å². The first kappa shape index (κ1) is 11.0. The summed E-state index contributed by atoms with van der Waals surface area (Å²) in [6, 6.07) is 8.28. The van der Waals surface area contributed by atoms with Crippen LogP contribution in [0.1, 0.15) is 24.0 Å². The summed E-state index contributed by atoms with van der Waals surface area (Å²) in [4.78, 5) is 0. The van der Waals surface area contributed by atoms with Gasteiger partial charge in [0, 0.05) is 0 Å². The molecule has 1 heterocycles. The maximum absolute atomic E-state index is 3.66. The van der Waals surface area contributed by atoms with Gasteiger partial charge in [0.05, 0.1) is 0 Å². The Bertz CT molecular complexity index is 249. The molecule has 1 aromatic rings. The van der Waals surface area contributed by atoms with Gasteiger partial charge in [-0.25, -0.2) is 0 Å². The normalized spacial score (nSPS) is 14.4. The van der Waals surface area contributed by atoms with E-state index in [2.05, 4.69) is 43.1 Å². The summed E-state index contributed by atoms with van der Waals surface area (Å²) in [5.41, 5.74) is 2.47. The molecule has 0 aromatic heterocycles. The molecule has 1 N–H and O–H groups in total. The molecule has 0 amide bonds. The van der Waals surface area contributed by atoms with Crippen molar-refractivity contribution in [2.45, 2.75) is 19.8 Å². The first-order valence-electron chi connectivity index (χ1n) is 5.23. The molecule has 76 valence electrons. The molecule has 1 aliphatic heterocycles. The highest BCUT2D eigenvalue weighted by Gasteiger charge is 1.93. The van der Waals surface area contributed by atoms with Crippen LogP contribution in [0.15, 0.2) is 30.8 Å². The zero-order chi connectivity index (χ0) is 10.2. The van der Waals surface area contributed by atoms with Crippen LogP contribution in [0, 0.1) is 6.92 Å². The van der Waals surface area contributed by atoms with Crippen molar-refractivity contribution in [1.82, 2.24) is 5.32 Å². The van der Waals surface area contributed by atoms with Crippen LogP contribution in [0.25, 0.3) is 6.08 Å². The second kappa shape index (κ2) is 6.39. The van der Waals surface area contributed by atoms with E-state index in [0.29, 0.717) is 0 Å². The van der Waals surface area contributed by atoms with E-state index >= 15 is 0 Å². The third-order valence-electron chi connectivity index (χ3n) is 2.27. The van der Waals surface area contributed by atoms with Crippen molar-refractivity contribution in [3.8, 4) is 0 Å².